The highest BCUT2D eigenvalue weighted by Crippen LogP contribution is 2.30. The van der Waals surface area contributed by atoms with Gasteiger partial charge in [0.15, 0.2) is 0 Å². The molecule has 0 aliphatic rings. The van der Waals surface area contributed by atoms with Crippen LogP contribution < -0.4 is 5.32 Å². The fourth-order valence-corrected chi connectivity index (χ4v) is 2.61. The van der Waals surface area contributed by atoms with Gasteiger partial charge in [0.25, 0.3) is 0 Å². The van der Waals surface area contributed by atoms with Gasteiger partial charge in [-0.15, -0.1) is 0 Å². The van der Waals surface area contributed by atoms with Gasteiger partial charge in [0.2, 0.25) is 0 Å². The highest BCUT2D eigenvalue weighted by Gasteiger charge is 2.05. The summed E-state index contributed by atoms with van der Waals surface area (Å²) in [6.07, 6.45) is 0. The molecule has 0 fully saturated rings. The summed E-state index contributed by atoms with van der Waals surface area (Å²) in [7, 11) is 0. The maximum atomic E-state index is 13.2. The fraction of sp³-hybridized carbons (Fsp3) is 0.0769. The zero-order valence-electron chi connectivity index (χ0n) is 9.18. The van der Waals surface area contributed by atoms with E-state index in [9.17, 15) is 4.39 Å². The third-order valence-corrected chi connectivity index (χ3v) is 3.44. The molecule has 18 heavy (non-hydrogen) atoms. The second-order valence-corrected chi connectivity index (χ2v) is 5.46. The number of halogens is 4. The van der Waals surface area contributed by atoms with Gasteiger partial charge in [-0.05, 0) is 35.9 Å². The first kappa shape index (κ1) is 13.7. The van der Waals surface area contributed by atoms with Crippen molar-refractivity contribution in [1.29, 1.82) is 0 Å². The Labute approximate surface area is 123 Å². The lowest BCUT2D eigenvalue weighted by Gasteiger charge is -2.10. The number of para-hydroxylation sites is 1. The Hall–Kier alpha value is -0.770. The van der Waals surface area contributed by atoms with Crippen LogP contribution in [0.15, 0.2) is 40.9 Å². The third kappa shape index (κ3) is 3.37. The molecule has 0 amide bonds. The van der Waals surface area contributed by atoms with E-state index in [0.717, 1.165) is 5.56 Å². The zero-order valence-corrected chi connectivity index (χ0v) is 12.3. The topological polar surface area (TPSA) is 12.0 Å². The first-order chi connectivity index (χ1) is 8.56. The van der Waals surface area contributed by atoms with E-state index in [2.05, 4.69) is 21.2 Å². The lowest BCUT2D eigenvalue weighted by atomic mass is 10.2. The van der Waals surface area contributed by atoms with E-state index in [4.69, 9.17) is 23.2 Å². The predicted octanol–water partition coefficient (Wildman–Crippen LogP) is 5.51. The third-order valence-electron chi connectivity index (χ3n) is 2.35. The number of anilines is 1. The molecule has 1 nitrogen and oxygen atoms in total. The van der Waals surface area contributed by atoms with Crippen LogP contribution in [0.5, 0.6) is 0 Å². The SMILES string of the molecule is Fc1cc(Br)cc(CNc2c(Cl)cccc2Cl)c1. The minimum Gasteiger partial charge on any atom is -0.379 e. The van der Waals surface area contributed by atoms with Crippen molar-refractivity contribution in [2.75, 3.05) is 5.32 Å². The molecule has 0 aliphatic heterocycles. The van der Waals surface area contributed by atoms with Crippen LogP contribution >= 0.6 is 39.1 Å². The lowest BCUT2D eigenvalue weighted by Crippen LogP contribution is -2.01. The van der Waals surface area contributed by atoms with Gasteiger partial charge in [-0.2, -0.15) is 0 Å². The second kappa shape index (κ2) is 5.91. The van der Waals surface area contributed by atoms with Crippen molar-refractivity contribution >= 4 is 44.8 Å². The zero-order chi connectivity index (χ0) is 13.1. The van der Waals surface area contributed by atoms with Crippen molar-refractivity contribution in [2.24, 2.45) is 0 Å². The van der Waals surface area contributed by atoms with E-state index in [-0.39, 0.29) is 5.82 Å². The number of rotatable bonds is 3. The highest BCUT2D eigenvalue weighted by molar-refractivity contribution is 9.10. The van der Waals surface area contributed by atoms with E-state index in [1.807, 2.05) is 6.07 Å². The molecule has 0 aliphatic carbocycles. The molecule has 5 heteroatoms. The summed E-state index contributed by atoms with van der Waals surface area (Å²) in [4.78, 5) is 0. The molecular weight excluding hydrogens is 340 g/mol. The molecule has 0 spiro atoms. The van der Waals surface area contributed by atoms with Crippen LogP contribution in [0, 0.1) is 5.82 Å². The second-order valence-electron chi connectivity index (χ2n) is 3.73. The molecule has 0 bridgehead atoms. The van der Waals surface area contributed by atoms with Crippen LogP contribution in [0.25, 0.3) is 0 Å². The van der Waals surface area contributed by atoms with Crippen molar-refractivity contribution in [1.82, 2.24) is 0 Å². The van der Waals surface area contributed by atoms with Gasteiger partial charge >= 0.3 is 0 Å². The van der Waals surface area contributed by atoms with Crippen molar-refractivity contribution in [3.05, 3.63) is 62.3 Å². The minimum absolute atomic E-state index is 0.286. The largest absolute Gasteiger partial charge is 0.379 e. The summed E-state index contributed by atoms with van der Waals surface area (Å²) in [6.45, 7) is 0.444. The normalized spacial score (nSPS) is 10.4. The Bertz CT molecular complexity index is 534. The van der Waals surface area contributed by atoms with Crippen LogP contribution in [0.2, 0.25) is 10.0 Å². The molecule has 0 heterocycles. The van der Waals surface area contributed by atoms with Gasteiger partial charge in [-0.1, -0.05) is 45.2 Å². The van der Waals surface area contributed by atoms with Crippen molar-refractivity contribution < 1.29 is 4.39 Å². The van der Waals surface area contributed by atoms with E-state index in [1.165, 1.54) is 12.1 Å². The Balaban J connectivity index is 2.16. The summed E-state index contributed by atoms with van der Waals surface area (Å²) >= 11 is 15.3. The van der Waals surface area contributed by atoms with E-state index >= 15 is 0 Å². The Morgan fingerprint density at radius 3 is 2.39 bits per heavy atom. The molecule has 2 aromatic carbocycles. The van der Waals surface area contributed by atoms with Gasteiger partial charge in [0, 0.05) is 11.0 Å². The van der Waals surface area contributed by atoms with Crippen LogP contribution in [-0.2, 0) is 6.54 Å². The smallest absolute Gasteiger partial charge is 0.124 e. The molecule has 1 N–H and O–H groups in total. The maximum Gasteiger partial charge on any atom is 0.124 e. The number of benzene rings is 2. The first-order valence-corrected chi connectivity index (χ1v) is 6.74. The minimum atomic E-state index is -0.286. The number of hydrogen-bond donors (Lipinski definition) is 1. The van der Waals surface area contributed by atoms with Gasteiger partial charge < -0.3 is 5.32 Å². The summed E-state index contributed by atoms with van der Waals surface area (Å²) in [5, 5.41) is 4.18. The molecular formula is C13H9BrCl2FN. The molecule has 0 atom stereocenters. The maximum absolute atomic E-state index is 13.2. The molecule has 0 unspecified atom stereocenters. The molecule has 0 aromatic heterocycles. The Morgan fingerprint density at radius 2 is 1.78 bits per heavy atom. The van der Waals surface area contributed by atoms with E-state index in [1.54, 1.807) is 18.2 Å². The molecule has 0 radical (unpaired) electrons. The Morgan fingerprint density at radius 1 is 1.11 bits per heavy atom. The molecule has 2 aromatic rings. The van der Waals surface area contributed by atoms with Crippen molar-refractivity contribution in [3.8, 4) is 0 Å². The van der Waals surface area contributed by atoms with Crippen molar-refractivity contribution in [3.63, 3.8) is 0 Å². The Kier molecular flexibility index (Phi) is 4.49. The van der Waals surface area contributed by atoms with Crippen LogP contribution in [0.3, 0.4) is 0 Å². The highest BCUT2D eigenvalue weighted by atomic mass is 79.9. The summed E-state index contributed by atoms with van der Waals surface area (Å²) in [5.41, 5.74) is 1.46. The van der Waals surface area contributed by atoms with Gasteiger partial charge in [0.05, 0.1) is 15.7 Å². The van der Waals surface area contributed by atoms with Crippen LogP contribution in [0.1, 0.15) is 5.56 Å². The van der Waals surface area contributed by atoms with E-state index < -0.39 is 0 Å². The molecule has 2 rings (SSSR count). The molecule has 0 saturated carbocycles. The molecule has 0 saturated heterocycles. The number of nitrogens with one attached hydrogen (secondary N) is 1. The summed E-state index contributed by atoms with van der Waals surface area (Å²) in [5.74, 6) is -0.286. The van der Waals surface area contributed by atoms with Gasteiger partial charge in [-0.25, -0.2) is 4.39 Å². The average molecular weight is 349 g/mol. The predicted molar refractivity (Wildman–Crippen MR) is 77.9 cm³/mol. The lowest BCUT2D eigenvalue weighted by molar-refractivity contribution is 0.625. The number of hydrogen-bond acceptors (Lipinski definition) is 1. The molecule has 94 valence electrons. The van der Waals surface area contributed by atoms with Crippen LogP contribution in [0.4, 0.5) is 10.1 Å². The summed E-state index contributed by atoms with van der Waals surface area (Å²) < 4.78 is 13.9. The standard InChI is InChI=1S/C13H9BrCl2FN/c14-9-4-8(5-10(17)6-9)7-18-13-11(15)2-1-3-12(13)16/h1-6,18H,7H2. The average Bonchev–Trinajstić information content (AvgIpc) is 2.27. The van der Waals surface area contributed by atoms with Gasteiger partial charge in [-0.3, -0.25) is 0 Å². The van der Waals surface area contributed by atoms with Gasteiger partial charge in [0.1, 0.15) is 5.82 Å². The van der Waals surface area contributed by atoms with E-state index in [0.29, 0.717) is 26.8 Å². The quantitative estimate of drug-likeness (QED) is 0.771. The van der Waals surface area contributed by atoms with Crippen LogP contribution in [-0.4, -0.2) is 0 Å². The van der Waals surface area contributed by atoms with Crippen molar-refractivity contribution in [2.45, 2.75) is 6.54 Å². The monoisotopic (exact) mass is 347 g/mol. The summed E-state index contributed by atoms with van der Waals surface area (Å²) in [6, 6.07) is 9.97. The first-order valence-electron chi connectivity index (χ1n) is 5.19. The fourth-order valence-electron chi connectivity index (χ4n) is 1.57.